The second-order valence-corrected chi connectivity index (χ2v) is 6.51. The van der Waals surface area contributed by atoms with Crippen LogP contribution in [-0.2, 0) is 4.74 Å². The first-order chi connectivity index (χ1) is 12.6. The Morgan fingerprint density at radius 3 is 2.85 bits per heavy atom. The fourth-order valence-corrected chi connectivity index (χ4v) is 3.37. The van der Waals surface area contributed by atoms with Crippen molar-refractivity contribution < 1.29 is 9.53 Å². The number of imidazole rings is 1. The van der Waals surface area contributed by atoms with Gasteiger partial charge in [0.2, 0.25) is 5.91 Å². The maximum atomic E-state index is 11.6. The number of primary amides is 1. The number of rotatable bonds is 4. The number of aromatic nitrogens is 3. The van der Waals surface area contributed by atoms with E-state index in [0.717, 1.165) is 54.3 Å². The molecule has 0 radical (unpaired) electrons. The monoisotopic (exact) mass is 351 g/mol. The van der Waals surface area contributed by atoms with Gasteiger partial charge >= 0.3 is 0 Å². The summed E-state index contributed by atoms with van der Waals surface area (Å²) in [7, 11) is 0. The first kappa shape index (κ1) is 16.5. The zero-order valence-corrected chi connectivity index (χ0v) is 14.6. The highest BCUT2D eigenvalue weighted by Gasteiger charge is 2.16. The maximum Gasteiger partial charge on any atom is 0.248 e. The van der Waals surface area contributed by atoms with Gasteiger partial charge < -0.3 is 15.8 Å². The number of nitrogens with one attached hydrogen (secondary N) is 1. The lowest BCUT2D eigenvalue weighted by Crippen LogP contribution is -2.28. The summed E-state index contributed by atoms with van der Waals surface area (Å²) >= 11 is 0. The van der Waals surface area contributed by atoms with Gasteiger partial charge in [0.05, 0.1) is 11.9 Å². The van der Waals surface area contributed by atoms with Gasteiger partial charge in [-0.25, -0.2) is 9.50 Å². The zero-order valence-electron chi connectivity index (χ0n) is 14.6. The van der Waals surface area contributed by atoms with Crippen LogP contribution >= 0.6 is 0 Å². The SMILES string of the molecule is Cc1c(C(N)=O)cccc1-c1cnc2ccc(NC3CCOCC3)nn12. The van der Waals surface area contributed by atoms with Crippen molar-refractivity contribution in [1.29, 1.82) is 0 Å². The Labute approximate surface area is 151 Å². The van der Waals surface area contributed by atoms with Gasteiger partial charge in [-0.3, -0.25) is 4.79 Å². The number of fused-ring (bicyclic) bond motifs is 1. The number of benzene rings is 1. The fraction of sp³-hybridized carbons (Fsp3) is 0.316. The zero-order chi connectivity index (χ0) is 18.1. The summed E-state index contributed by atoms with van der Waals surface area (Å²) in [5.41, 5.74) is 9.29. The summed E-state index contributed by atoms with van der Waals surface area (Å²) in [6, 6.07) is 9.74. The first-order valence-corrected chi connectivity index (χ1v) is 8.72. The molecular weight excluding hydrogens is 330 g/mol. The van der Waals surface area contributed by atoms with Crippen LogP contribution in [0.15, 0.2) is 36.5 Å². The molecule has 4 rings (SSSR count). The first-order valence-electron chi connectivity index (χ1n) is 8.72. The molecule has 134 valence electrons. The number of hydrogen-bond acceptors (Lipinski definition) is 5. The lowest BCUT2D eigenvalue weighted by atomic mass is 10.00. The summed E-state index contributed by atoms with van der Waals surface area (Å²) in [4.78, 5) is 16.1. The quantitative estimate of drug-likeness (QED) is 0.753. The summed E-state index contributed by atoms with van der Waals surface area (Å²) in [5.74, 6) is 0.361. The standard InChI is InChI=1S/C19H21N5O2/c1-12-14(3-2-4-15(12)19(20)25)16-11-21-18-6-5-17(23-24(16)18)22-13-7-9-26-10-8-13/h2-6,11,13H,7-10H2,1H3,(H2,20,25)(H,22,23). The normalized spacial score (nSPS) is 15.3. The van der Waals surface area contributed by atoms with Gasteiger partial charge in [-0.15, -0.1) is 5.10 Å². The Balaban J connectivity index is 1.73. The lowest BCUT2D eigenvalue weighted by Gasteiger charge is -2.23. The minimum Gasteiger partial charge on any atom is -0.381 e. The van der Waals surface area contributed by atoms with Gasteiger partial charge in [0, 0.05) is 30.4 Å². The van der Waals surface area contributed by atoms with Crippen molar-refractivity contribution in [3.8, 4) is 11.3 Å². The predicted molar refractivity (Wildman–Crippen MR) is 99.1 cm³/mol. The summed E-state index contributed by atoms with van der Waals surface area (Å²) < 4.78 is 7.20. The molecule has 0 bridgehead atoms. The van der Waals surface area contributed by atoms with E-state index in [1.807, 2.05) is 31.2 Å². The number of nitrogens with two attached hydrogens (primary N) is 1. The van der Waals surface area contributed by atoms with E-state index in [0.29, 0.717) is 11.6 Å². The molecule has 1 aromatic carbocycles. The molecule has 1 aliphatic rings. The van der Waals surface area contributed by atoms with E-state index >= 15 is 0 Å². The van der Waals surface area contributed by atoms with Crippen LogP contribution in [0, 0.1) is 6.92 Å². The van der Waals surface area contributed by atoms with Crippen LogP contribution in [0.4, 0.5) is 5.82 Å². The van der Waals surface area contributed by atoms with E-state index in [1.54, 1.807) is 16.8 Å². The van der Waals surface area contributed by atoms with Gasteiger partial charge in [-0.1, -0.05) is 12.1 Å². The van der Waals surface area contributed by atoms with Crippen molar-refractivity contribution in [3.63, 3.8) is 0 Å². The molecule has 3 N–H and O–H groups in total. The number of ether oxygens (including phenoxy) is 1. The highest BCUT2D eigenvalue weighted by molar-refractivity contribution is 5.96. The third-order valence-corrected chi connectivity index (χ3v) is 4.81. The maximum absolute atomic E-state index is 11.6. The number of nitrogens with zero attached hydrogens (tertiary/aromatic N) is 3. The van der Waals surface area contributed by atoms with Gasteiger partial charge in [0.1, 0.15) is 5.82 Å². The van der Waals surface area contributed by atoms with E-state index in [1.165, 1.54) is 0 Å². The van der Waals surface area contributed by atoms with Gasteiger partial charge in [0.25, 0.3) is 0 Å². The molecule has 1 amide bonds. The highest BCUT2D eigenvalue weighted by atomic mass is 16.5. The lowest BCUT2D eigenvalue weighted by molar-refractivity contribution is 0.0903. The van der Waals surface area contributed by atoms with Crippen molar-refractivity contribution >= 4 is 17.4 Å². The Morgan fingerprint density at radius 1 is 1.27 bits per heavy atom. The fourth-order valence-electron chi connectivity index (χ4n) is 3.37. The molecule has 1 aliphatic heterocycles. The average molecular weight is 351 g/mol. The Hall–Kier alpha value is -2.93. The average Bonchev–Trinajstić information content (AvgIpc) is 3.05. The van der Waals surface area contributed by atoms with Gasteiger partial charge in [0.15, 0.2) is 5.65 Å². The predicted octanol–water partition coefficient (Wildman–Crippen LogP) is 2.39. The summed E-state index contributed by atoms with van der Waals surface area (Å²) in [6.07, 6.45) is 3.71. The van der Waals surface area contributed by atoms with E-state index in [9.17, 15) is 4.79 Å². The van der Waals surface area contributed by atoms with Gasteiger partial charge in [-0.2, -0.15) is 0 Å². The smallest absolute Gasteiger partial charge is 0.248 e. The third-order valence-electron chi connectivity index (χ3n) is 4.81. The largest absolute Gasteiger partial charge is 0.381 e. The van der Waals surface area contributed by atoms with E-state index in [4.69, 9.17) is 15.6 Å². The molecule has 7 nitrogen and oxygen atoms in total. The van der Waals surface area contributed by atoms with Crippen LogP contribution in [0.25, 0.3) is 16.9 Å². The van der Waals surface area contributed by atoms with Crippen molar-refractivity contribution in [1.82, 2.24) is 14.6 Å². The molecule has 2 aromatic heterocycles. The van der Waals surface area contributed by atoms with Gasteiger partial charge in [-0.05, 0) is 43.5 Å². The molecule has 0 atom stereocenters. The molecule has 1 fully saturated rings. The van der Waals surface area contributed by atoms with E-state index in [2.05, 4.69) is 10.3 Å². The molecule has 0 aliphatic carbocycles. The highest BCUT2D eigenvalue weighted by Crippen LogP contribution is 2.26. The van der Waals surface area contributed by atoms with E-state index in [-0.39, 0.29) is 0 Å². The molecule has 0 saturated carbocycles. The minimum atomic E-state index is -0.437. The summed E-state index contributed by atoms with van der Waals surface area (Å²) in [5, 5.41) is 8.18. The molecule has 0 unspecified atom stereocenters. The second kappa shape index (κ2) is 6.76. The van der Waals surface area contributed by atoms with Crippen molar-refractivity contribution in [2.75, 3.05) is 18.5 Å². The Kier molecular flexibility index (Phi) is 4.30. The summed E-state index contributed by atoms with van der Waals surface area (Å²) in [6.45, 7) is 3.43. The third kappa shape index (κ3) is 3.01. The van der Waals surface area contributed by atoms with Crippen LogP contribution in [-0.4, -0.2) is 39.8 Å². The second-order valence-electron chi connectivity index (χ2n) is 6.51. The van der Waals surface area contributed by atoms with Crippen LogP contribution in [0.3, 0.4) is 0 Å². The van der Waals surface area contributed by atoms with Crippen molar-refractivity contribution in [3.05, 3.63) is 47.7 Å². The van der Waals surface area contributed by atoms with Crippen LogP contribution in [0.2, 0.25) is 0 Å². The number of anilines is 1. The van der Waals surface area contributed by atoms with Crippen LogP contribution < -0.4 is 11.1 Å². The number of carbonyl (C=O) groups excluding carboxylic acids is 1. The van der Waals surface area contributed by atoms with Crippen LogP contribution in [0.5, 0.6) is 0 Å². The molecule has 1 saturated heterocycles. The molecule has 3 aromatic rings. The molecule has 7 heteroatoms. The number of hydrogen-bond donors (Lipinski definition) is 2. The minimum absolute atomic E-state index is 0.362. The molecule has 26 heavy (non-hydrogen) atoms. The molecule has 0 spiro atoms. The van der Waals surface area contributed by atoms with E-state index < -0.39 is 5.91 Å². The Morgan fingerprint density at radius 2 is 2.08 bits per heavy atom. The molecule has 3 heterocycles. The van der Waals surface area contributed by atoms with Crippen molar-refractivity contribution in [2.45, 2.75) is 25.8 Å². The Bertz CT molecular complexity index is 960. The topological polar surface area (TPSA) is 94.5 Å². The number of carbonyl (C=O) groups is 1. The number of amides is 1. The van der Waals surface area contributed by atoms with Crippen LogP contribution in [0.1, 0.15) is 28.8 Å². The molecular formula is C19H21N5O2. The van der Waals surface area contributed by atoms with Crippen molar-refractivity contribution in [2.24, 2.45) is 5.73 Å².